The molecule has 0 fully saturated rings. The predicted octanol–water partition coefficient (Wildman–Crippen LogP) is 2.18. The van der Waals surface area contributed by atoms with E-state index < -0.39 is 0 Å². The number of rotatable bonds is 4. The molecule has 1 aromatic heterocycles. The smallest absolute Gasteiger partial charge is 0.205 e. The van der Waals surface area contributed by atoms with Crippen molar-refractivity contribution in [1.82, 2.24) is 10.2 Å². The highest BCUT2D eigenvalue weighted by atomic mass is 32.1. The Morgan fingerprint density at radius 3 is 2.56 bits per heavy atom. The minimum atomic E-state index is 0.809. The molecule has 1 N–H and O–H groups in total. The van der Waals surface area contributed by atoms with E-state index in [1.807, 2.05) is 31.3 Å². The van der Waals surface area contributed by atoms with Crippen LogP contribution in [0.5, 0.6) is 5.75 Å². The number of hydrogen-bond acceptors (Lipinski definition) is 5. The van der Waals surface area contributed by atoms with Crippen LogP contribution in [0, 0.1) is 0 Å². The first-order valence-electron chi connectivity index (χ1n) is 4.95. The molecule has 1 heterocycles. The minimum Gasteiger partial charge on any atom is -0.497 e. The average molecular weight is 235 g/mol. The summed E-state index contributed by atoms with van der Waals surface area (Å²) < 4.78 is 5.11. The van der Waals surface area contributed by atoms with E-state index in [4.69, 9.17) is 4.74 Å². The van der Waals surface area contributed by atoms with Gasteiger partial charge < -0.3 is 10.1 Å². The quantitative estimate of drug-likeness (QED) is 0.882. The number of aromatic nitrogens is 2. The summed E-state index contributed by atoms with van der Waals surface area (Å²) >= 11 is 1.57. The molecular formula is C11H13N3OS. The molecule has 4 nitrogen and oxygen atoms in total. The Labute approximate surface area is 98.3 Å². The number of nitrogens with one attached hydrogen (secondary N) is 1. The van der Waals surface area contributed by atoms with Crippen LogP contribution < -0.4 is 10.1 Å². The van der Waals surface area contributed by atoms with Crippen LogP contribution in [-0.2, 0) is 6.42 Å². The maximum absolute atomic E-state index is 5.11. The number of nitrogens with zero attached hydrogens (tertiary/aromatic N) is 2. The number of benzene rings is 1. The summed E-state index contributed by atoms with van der Waals surface area (Å²) in [6.45, 7) is 0. The summed E-state index contributed by atoms with van der Waals surface area (Å²) in [5.41, 5.74) is 1.21. The van der Waals surface area contributed by atoms with Gasteiger partial charge in [0.05, 0.1) is 7.11 Å². The molecule has 84 valence electrons. The van der Waals surface area contributed by atoms with Crippen molar-refractivity contribution in [3.63, 3.8) is 0 Å². The summed E-state index contributed by atoms with van der Waals surface area (Å²) in [6.07, 6.45) is 0.809. The zero-order valence-corrected chi connectivity index (χ0v) is 10.0. The fourth-order valence-corrected chi connectivity index (χ4v) is 2.07. The lowest BCUT2D eigenvalue weighted by atomic mass is 10.1. The number of anilines is 1. The first-order chi connectivity index (χ1) is 7.81. The molecule has 0 radical (unpaired) electrons. The Kier molecular flexibility index (Phi) is 3.36. The van der Waals surface area contributed by atoms with Gasteiger partial charge in [-0.15, -0.1) is 10.2 Å². The molecule has 0 unspecified atom stereocenters. The number of hydrogen-bond donors (Lipinski definition) is 1. The third-order valence-electron chi connectivity index (χ3n) is 2.20. The maximum atomic E-state index is 5.11. The molecule has 2 aromatic rings. The summed E-state index contributed by atoms with van der Waals surface area (Å²) in [7, 11) is 3.51. The van der Waals surface area contributed by atoms with E-state index in [1.165, 1.54) is 5.56 Å². The highest BCUT2D eigenvalue weighted by Gasteiger charge is 2.03. The minimum absolute atomic E-state index is 0.809. The SMILES string of the molecule is CNc1nnc(Cc2ccc(OC)cc2)s1. The average Bonchev–Trinajstić information content (AvgIpc) is 2.78. The fraction of sp³-hybridized carbons (Fsp3) is 0.273. The van der Waals surface area contributed by atoms with Gasteiger partial charge in [-0.05, 0) is 17.7 Å². The zero-order valence-electron chi connectivity index (χ0n) is 9.23. The number of methoxy groups -OCH3 is 1. The Morgan fingerprint density at radius 2 is 2.00 bits per heavy atom. The number of ether oxygens (including phenoxy) is 1. The van der Waals surface area contributed by atoms with Crippen LogP contribution in [0.2, 0.25) is 0 Å². The van der Waals surface area contributed by atoms with Crippen molar-refractivity contribution in [2.24, 2.45) is 0 Å². The van der Waals surface area contributed by atoms with Crippen LogP contribution in [0.4, 0.5) is 5.13 Å². The van der Waals surface area contributed by atoms with E-state index in [0.717, 1.165) is 22.3 Å². The van der Waals surface area contributed by atoms with Gasteiger partial charge in [-0.25, -0.2) is 0 Å². The summed E-state index contributed by atoms with van der Waals surface area (Å²) in [6, 6.07) is 7.99. The normalized spacial score (nSPS) is 10.1. The monoisotopic (exact) mass is 235 g/mol. The molecule has 0 saturated carbocycles. The second-order valence-electron chi connectivity index (χ2n) is 3.28. The van der Waals surface area contributed by atoms with Gasteiger partial charge in [0.25, 0.3) is 0 Å². The first kappa shape index (κ1) is 10.9. The van der Waals surface area contributed by atoms with Crippen molar-refractivity contribution in [2.45, 2.75) is 6.42 Å². The molecule has 0 aliphatic carbocycles. The molecule has 1 aromatic carbocycles. The van der Waals surface area contributed by atoms with E-state index in [-0.39, 0.29) is 0 Å². The molecule has 0 amide bonds. The molecular weight excluding hydrogens is 222 g/mol. The van der Waals surface area contributed by atoms with Gasteiger partial charge in [0.2, 0.25) is 5.13 Å². The van der Waals surface area contributed by atoms with Crippen molar-refractivity contribution < 1.29 is 4.74 Å². The highest BCUT2D eigenvalue weighted by molar-refractivity contribution is 7.15. The van der Waals surface area contributed by atoms with Crippen LogP contribution in [0.15, 0.2) is 24.3 Å². The van der Waals surface area contributed by atoms with Crippen LogP contribution in [0.1, 0.15) is 10.6 Å². The van der Waals surface area contributed by atoms with Gasteiger partial charge in [-0.3, -0.25) is 0 Å². The van der Waals surface area contributed by atoms with Crippen molar-refractivity contribution in [3.05, 3.63) is 34.8 Å². The topological polar surface area (TPSA) is 47.0 Å². The zero-order chi connectivity index (χ0) is 11.4. The molecule has 0 saturated heterocycles. The third-order valence-corrected chi connectivity index (χ3v) is 3.14. The van der Waals surface area contributed by atoms with Gasteiger partial charge in [0, 0.05) is 13.5 Å². The van der Waals surface area contributed by atoms with Crippen molar-refractivity contribution in [2.75, 3.05) is 19.5 Å². The Balaban J connectivity index is 2.08. The lowest BCUT2D eigenvalue weighted by molar-refractivity contribution is 0.414. The second kappa shape index (κ2) is 4.94. The van der Waals surface area contributed by atoms with Gasteiger partial charge in [0.1, 0.15) is 10.8 Å². The van der Waals surface area contributed by atoms with Crippen LogP contribution in [-0.4, -0.2) is 24.4 Å². The Bertz CT molecular complexity index is 453. The highest BCUT2D eigenvalue weighted by Crippen LogP contribution is 2.19. The van der Waals surface area contributed by atoms with E-state index in [9.17, 15) is 0 Å². The standard InChI is InChI=1S/C11H13N3OS/c1-12-11-14-13-10(16-11)7-8-3-5-9(15-2)6-4-8/h3-6H,7H2,1-2H3,(H,12,14). The molecule has 0 aliphatic heterocycles. The summed E-state index contributed by atoms with van der Waals surface area (Å²) in [5.74, 6) is 0.872. The van der Waals surface area contributed by atoms with Crippen LogP contribution >= 0.6 is 11.3 Å². The third kappa shape index (κ3) is 2.49. The predicted molar refractivity (Wildman–Crippen MR) is 65.3 cm³/mol. The summed E-state index contributed by atoms with van der Waals surface area (Å²) in [4.78, 5) is 0. The van der Waals surface area contributed by atoms with Crippen molar-refractivity contribution in [1.29, 1.82) is 0 Å². The van der Waals surface area contributed by atoms with E-state index in [2.05, 4.69) is 15.5 Å². The maximum Gasteiger partial charge on any atom is 0.205 e. The van der Waals surface area contributed by atoms with E-state index in [0.29, 0.717) is 0 Å². The van der Waals surface area contributed by atoms with Crippen LogP contribution in [0.25, 0.3) is 0 Å². The molecule has 5 heteroatoms. The van der Waals surface area contributed by atoms with Crippen LogP contribution in [0.3, 0.4) is 0 Å². The Hall–Kier alpha value is -1.62. The van der Waals surface area contributed by atoms with E-state index in [1.54, 1.807) is 18.4 Å². The van der Waals surface area contributed by atoms with Gasteiger partial charge in [-0.1, -0.05) is 23.5 Å². The van der Waals surface area contributed by atoms with Gasteiger partial charge in [0.15, 0.2) is 0 Å². The molecule has 0 spiro atoms. The molecule has 2 rings (SSSR count). The molecule has 0 bridgehead atoms. The van der Waals surface area contributed by atoms with E-state index >= 15 is 0 Å². The molecule has 16 heavy (non-hydrogen) atoms. The van der Waals surface area contributed by atoms with Crippen molar-refractivity contribution in [3.8, 4) is 5.75 Å². The Morgan fingerprint density at radius 1 is 1.25 bits per heavy atom. The second-order valence-corrected chi connectivity index (χ2v) is 4.34. The summed E-state index contributed by atoms with van der Waals surface area (Å²) in [5, 5.41) is 12.9. The first-order valence-corrected chi connectivity index (χ1v) is 5.76. The fourth-order valence-electron chi connectivity index (χ4n) is 1.34. The van der Waals surface area contributed by atoms with Gasteiger partial charge in [-0.2, -0.15) is 0 Å². The molecule has 0 atom stereocenters. The largest absolute Gasteiger partial charge is 0.497 e. The lowest BCUT2D eigenvalue weighted by Crippen LogP contribution is -1.88. The van der Waals surface area contributed by atoms with Gasteiger partial charge >= 0.3 is 0 Å². The molecule has 0 aliphatic rings. The lowest BCUT2D eigenvalue weighted by Gasteiger charge is -2.00. The van der Waals surface area contributed by atoms with Crippen molar-refractivity contribution >= 4 is 16.5 Å².